The fourth-order valence-electron chi connectivity index (χ4n) is 5.62. The Morgan fingerprint density at radius 3 is 2.53 bits per heavy atom. The van der Waals surface area contributed by atoms with Crippen LogP contribution in [0.15, 0.2) is 0 Å². The van der Waals surface area contributed by atoms with Crippen molar-refractivity contribution >= 4 is 12.4 Å². The molecule has 0 aromatic rings. The summed E-state index contributed by atoms with van der Waals surface area (Å²) in [5, 5.41) is 3.76. The van der Waals surface area contributed by atoms with Crippen LogP contribution in [0, 0.1) is 17.3 Å². The maximum absolute atomic E-state index is 3.76. The molecule has 0 heterocycles. The average Bonchev–Trinajstić information content (AvgIpc) is 2.88. The average molecular weight is 230 g/mol. The smallest absolute Gasteiger partial charge is 0.0265 e. The van der Waals surface area contributed by atoms with Gasteiger partial charge >= 0.3 is 0 Å². The highest BCUT2D eigenvalue weighted by Gasteiger charge is 2.67. The van der Waals surface area contributed by atoms with Crippen molar-refractivity contribution in [3.05, 3.63) is 0 Å². The molecule has 0 amide bonds. The topological polar surface area (TPSA) is 12.0 Å². The van der Waals surface area contributed by atoms with Crippen LogP contribution in [0.5, 0.6) is 0 Å². The molecule has 0 aromatic carbocycles. The Balaban J connectivity index is 0.000000853. The Morgan fingerprint density at radius 1 is 1.20 bits per heavy atom. The maximum atomic E-state index is 3.76. The van der Waals surface area contributed by atoms with Gasteiger partial charge in [-0.1, -0.05) is 13.3 Å². The summed E-state index contributed by atoms with van der Waals surface area (Å²) in [7, 11) is 2.22. The van der Waals surface area contributed by atoms with Gasteiger partial charge in [-0.15, -0.1) is 12.4 Å². The van der Waals surface area contributed by atoms with Gasteiger partial charge in [0.2, 0.25) is 0 Å². The first-order valence-corrected chi connectivity index (χ1v) is 6.48. The van der Waals surface area contributed by atoms with Gasteiger partial charge in [0.05, 0.1) is 0 Å². The molecule has 3 fully saturated rings. The lowest BCUT2D eigenvalue weighted by Crippen LogP contribution is -2.57. The van der Waals surface area contributed by atoms with Gasteiger partial charge < -0.3 is 5.32 Å². The van der Waals surface area contributed by atoms with E-state index in [1.165, 1.54) is 44.9 Å². The Labute approximate surface area is 99.8 Å². The van der Waals surface area contributed by atoms with Crippen LogP contribution in [-0.4, -0.2) is 12.6 Å². The first-order valence-electron chi connectivity index (χ1n) is 6.48. The third-order valence-electron chi connectivity index (χ3n) is 6.07. The summed E-state index contributed by atoms with van der Waals surface area (Å²) in [6.45, 7) is 2.43. The Morgan fingerprint density at radius 2 is 1.93 bits per heavy atom. The molecule has 2 heteroatoms. The van der Waals surface area contributed by atoms with E-state index < -0.39 is 0 Å². The molecule has 4 atom stereocenters. The quantitative estimate of drug-likeness (QED) is 0.766. The Hall–Kier alpha value is 0.250. The van der Waals surface area contributed by atoms with Crippen LogP contribution in [0.4, 0.5) is 0 Å². The third-order valence-corrected chi connectivity index (χ3v) is 6.07. The van der Waals surface area contributed by atoms with E-state index in [1.54, 1.807) is 0 Å². The molecule has 88 valence electrons. The molecule has 0 unspecified atom stereocenters. The fourth-order valence-corrected chi connectivity index (χ4v) is 5.62. The van der Waals surface area contributed by atoms with Gasteiger partial charge in [-0.3, -0.25) is 0 Å². The lowest BCUT2D eigenvalue weighted by molar-refractivity contribution is 0.0501. The summed E-state index contributed by atoms with van der Waals surface area (Å²) >= 11 is 0. The lowest BCUT2D eigenvalue weighted by atomic mass is 9.61. The number of fused-ring (bicyclic) bond motifs is 5. The fraction of sp³-hybridized carbons (Fsp3) is 1.00. The summed E-state index contributed by atoms with van der Waals surface area (Å²) in [5.74, 6) is 2.08. The largest absolute Gasteiger partial charge is 0.313 e. The minimum Gasteiger partial charge on any atom is -0.313 e. The van der Waals surface area contributed by atoms with Gasteiger partial charge in [-0.25, -0.2) is 0 Å². The van der Waals surface area contributed by atoms with Crippen molar-refractivity contribution in [3.8, 4) is 0 Å². The SMILES string of the molecule is CC[C@]12CCC[C@@]1(NC)[C@@H]1CC[C@@H]2C1.Cl. The predicted molar refractivity (Wildman–Crippen MR) is 66.4 cm³/mol. The van der Waals surface area contributed by atoms with Crippen molar-refractivity contribution < 1.29 is 0 Å². The maximum Gasteiger partial charge on any atom is 0.0265 e. The highest BCUT2D eigenvalue weighted by atomic mass is 35.5. The summed E-state index contributed by atoms with van der Waals surface area (Å²) in [6.07, 6.45) is 10.4. The predicted octanol–water partition coefficient (Wildman–Crippen LogP) is 3.38. The first-order chi connectivity index (χ1) is 6.79. The zero-order valence-electron chi connectivity index (χ0n) is 10.0. The minimum atomic E-state index is 0. The summed E-state index contributed by atoms with van der Waals surface area (Å²) in [4.78, 5) is 0. The van der Waals surface area contributed by atoms with Gasteiger partial charge in [-0.05, 0) is 62.8 Å². The molecule has 15 heavy (non-hydrogen) atoms. The van der Waals surface area contributed by atoms with Crippen molar-refractivity contribution in [1.82, 2.24) is 5.32 Å². The van der Waals surface area contributed by atoms with Crippen molar-refractivity contribution in [2.75, 3.05) is 7.05 Å². The molecule has 0 spiro atoms. The van der Waals surface area contributed by atoms with E-state index in [2.05, 4.69) is 19.3 Å². The number of nitrogens with one attached hydrogen (secondary N) is 1. The van der Waals surface area contributed by atoms with Gasteiger partial charge in [0.15, 0.2) is 0 Å². The van der Waals surface area contributed by atoms with Crippen LogP contribution < -0.4 is 5.32 Å². The zero-order valence-corrected chi connectivity index (χ0v) is 10.8. The van der Waals surface area contributed by atoms with E-state index in [9.17, 15) is 0 Å². The van der Waals surface area contributed by atoms with Crippen LogP contribution in [0.3, 0.4) is 0 Å². The van der Waals surface area contributed by atoms with Gasteiger partial charge in [0.25, 0.3) is 0 Å². The molecule has 1 nitrogen and oxygen atoms in total. The van der Waals surface area contributed by atoms with Crippen LogP contribution in [0.1, 0.15) is 51.9 Å². The Kier molecular flexibility index (Phi) is 2.84. The van der Waals surface area contributed by atoms with E-state index in [0.717, 1.165) is 11.8 Å². The second-order valence-corrected chi connectivity index (χ2v) is 5.79. The molecule has 3 aliphatic carbocycles. The molecular formula is C13H24ClN. The van der Waals surface area contributed by atoms with Gasteiger partial charge in [0.1, 0.15) is 0 Å². The third kappa shape index (κ3) is 1.09. The number of hydrogen-bond donors (Lipinski definition) is 1. The van der Waals surface area contributed by atoms with Crippen molar-refractivity contribution in [2.24, 2.45) is 17.3 Å². The van der Waals surface area contributed by atoms with Crippen molar-refractivity contribution in [1.29, 1.82) is 0 Å². The number of hydrogen-bond acceptors (Lipinski definition) is 1. The lowest BCUT2D eigenvalue weighted by Gasteiger charge is -2.49. The van der Waals surface area contributed by atoms with Crippen LogP contribution in [0.2, 0.25) is 0 Å². The van der Waals surface area contributed by atoms with Crippen molar-refractivity contribution in [2.45, 2.75) is 57.4 Å². The summed E-state index contributed by atoms with van der Waals surface area (Å²) in [6, 6.07) is 0. The normalized spacial score (nSPS) is 51.6. The highest BCUT2D eigenvalue weighted by molar-refractivity contribution is 5.85. The minimum absolute atomic E-state index is 0. The monoisotopic (exact) mass is 229 g/mol. The Bertz CT molecular complexity index is 231. The second kappa shape index (κ2) is 3.63. The molecule has 0 radical (unpaired) electrons. The molecule has 0 saturated heterocycles. The summed E-state index contributed by atoms with van der Waals surface area (Å²) < 4.78 is 0. The molecule has 3 rings (SSSR count). The van der Waals surface area contributed by atoms with Crippen LogP contribution in [-0.2, 0) is 0 Å². The second-order valence-electron chi connectivity index (χ2n) is 5.79. The number of halogens is 1. The van der Waals surface area contributed by atoms with Gasteiger partial charge in [0, 0.05) is 5.54 Å². The molecule has 2 bridgehead atoms. The standard InChI is InChI=1S/C13H23N.ClH/c1-3-12-7-4-8-13(12,14-2)11-6-5-10(12)9-11;/h10-11,14H,3-9H2,1-2H3;1H/t10-,11-,12-,13-;/m1./s1. The highest BCUT2D eigenvalue weighted by Crippen LogP contribution is 2.69. The molecular weight excluding hydrogens is 206 g/mol. The van der Waals surface area contributed by atoms with E-state index in [4.69, 9.17) is 0 Å². The van der Waals surface area contributed by atoms with E-state index in [1.807, 2.05) is 0 Å². The van der Waals surface area contributed by atoms with Gasteiger partial charge in [-0.2, -0.15) is 0 Å². The zero-order chi connectivity index (χ0) is 9.81. The van der Waals surface area contributed by atoms with Crippen LogP contribution in [0.25, 0.3) is 0 Å². The molecule has 1 N–H and O–H groups in total. The van der Waals surface area contributed by atoms with E-state index in [-0.39, 0.29) is 12.4 Å². The molecule has 3 aliphatic rings. The molecule has 3 saturated carbocycles. The van der Waals surface area contributed by atoms with Crippen molar-refractivity contribution in [3.63, 3.8) is 0 Å². The van der Waals surface area contributed by atoms with Crippen LogP contribution >= 0.6 is 12.4 Å². The summed E-state index contributed by atoms with van der Waals surface area (Å²) in [5.41, 5.74) is 1.26. The molecule has 0 aromatic heterocycles. The number of rotatable bonds is 2. The van der Waals surface area contributed by atoms with E-state index >= 15 is 0 Å². The van der Waals surface area contributed by atoms with E-state index in [0.29, 0.717) is 11.0 Å². The first kappa shape index (κ1) is 11.7. The molecule has 0 aliphatic heterocycles.